The van der Waals surface area contributed by atoms with E-state index in [1.807, 2.05) is 0 Å². The highest BCUT2D eigenvalue weighted by atomic mass is 19.1. The lowest BCUT2D eigenvalue weighted by Crippen LogP contribution is -2.44. The van der Waals surface area contributed by atoms with Crippen molar-refractivity contribution < 1.29 is 72.1 Å². The summed E-state index contributed by atoms with van der Waals surface area (Å²) in [6.07, 6.45) is 2.47. The van der Waals surface area contributed by atoms with Crippen LogP contribution in [-0.4, -0.2) is 115 Å². The van der Waals surface area contributed by atoms with Crippen molar-refractivity contribution in [2.24, 2.45) is 11.3 Å². The van der Waals surface area contributed by atoms with Gasteiger partial charge in [0.15, 0.2) is 17.2 Å². The lowest BCUT2D eigenvalue weighted by molar-refractivity contribution is -0.172. The molecule has 450 valence electrons. The Labute approximate surface area is 488 Å². The largest absolute Gasteiger partial charge is 0.481 e. The first-order valence-corrected chi connectivity index (χ1v) is 28.7. The molecule has 0 saturated carbocycles. The van der Waals surface area contributed by atoms with Gasteiger partial charge in [0.2, 0.25) is 23.6 Å². The third kappa shape index (κ3) is 14.2. The van der Waals surface area contributed by atoms with Crippen molar-refractivity contribution in [3.63, 3.8) is 0 Å². The summed E-state index contributed by atoms with van der Waals surface area (Å²) < 4.78 is 22.3. The Balaban J connectivity index is 0.819. The first-order chi connectivity index (χ1) is 40.4. The van der Waals surface area contributed by atoms with E-state index in [0.29, 0.717) is 76.6 Å². The van der Waals surface area contributed by atoms with Crippen LogP contribution in [-0.2, 0) is 89.1 Å². The number of carbonyl (C=O) groups excluding carboxylic acids is 10. The quantitative estimate of drug-likeness (QED) is 0.0222. The number of aliphatic carboxylic acids is 1. The molecule has 0 saturated heterocycles. The Morgan fingerprint density at radius 3 is 2.28 bits per heavy atom. The van der Waals surface area contributed by atoms with E-state index < -0.39 is 106 Å². The standard InChI is InChI=1S/C62H70FN7O15/c1-5-62(84)42-29-47-56-40(32-70(47)58(81)41(42)33-85-60(62)83)55-44(17-16-39-34(2)43(63)30-46(67-56)54(39)55)68-59(82)61(3,4)23-24-64-49(74)20-18-48(73)45(26-35-12-8-6-9-13-35)66-50(75)19-15-38(72)31-65-57(80)36(28-53(78)79)27-37(71)14-10-7-11-25-69-51(76)21-22-52(69)77/h6,8-9,12-13,21-22,29-30,36,44-45,84H,5,7,10-11,14-20,23-28,31-33H2,1-4H3,(H,64,74)(H,65,80)(H,66,75)(H,68,82)(H,78,79)/t36-,44-,45-,62-/m0/s1. The van der Waals surface area contributed by atoms with E-state index in [1.54, 1.807) is 64.1 Å². The molecule has 0 radical (unpaired) electrons. The summed E-state index contributed by atoms with van der Waals surface area (Å²) in [5.41, 5.74) is 0.950. The number of Topliss-reactive ketones (excluding diaryl/α,β-unsaturated/α-hetero) is 3. The van der Waals surface area contributed by atoms with Crippen molar-refractivity contribution in [3.05, 3.63) is 110 Å². The van der Waals surface area contributed by atoms with Crippen LogP contribution < -0.4 is 26.8 Å². The van der Waals surface area contributed by atoms with E-state index in [2.05, 4.69) is 21.3 Å². The maximum Gasteiger partial charge on any atom is 0.343 e. The van der Waals surface area contributed by atoms with Gasteiger partial charge in [-0.25, -0.2) is 14.2 Å². The summed E-state index contributed by atoms with van der Waals surface area (Å²) in [4.78, 5) is 161. The number of cyclic esters (lactones) is 1. The summed E-state index contributed by atoms with van der Waals surface area (Å²) >= 11 is 0. The number of hydrogen-bond acceptors (Lipinski definition) is 15. The summed E-state index contributed by atoms with van der Waals surface area (Å²) in [7, 11) is 0. The zero-order valence-electron chi connectivity index (χ0n) is 48.0. The van der Waals surface area contributed by atoms with Crippen molar-refractivity contribution in [1.29, 1.82) is 0 Å². The lowest BCUT2D eigenvalue weighted by Gasteiger charge is -2.33. The first-order valence-electron chi connectivity index (χ1n) is 28.7. The predicted molar refractivity (Wildman–Crippen MR) is 303 cm³/mol. The monoisotopic (exact) mass is 1170 g/mol. The zero-order valence-corrected chi connectivity index (χ0v) is 48.0. The van der Waals surface area contributed by atoms with Crippen LogP contribution in [0.5, 0.6) is 0 Å². The van der Waals surface area contributed by atoms with Gasteiger partial charge in [-0.2, -0.15) is 0 Å². The number of aliphatic hydroxyl groups is 1. The Morgan fingerprint density at radius 2 is 1.58 bits per heavy atom. The number of unbranched alkanes of at least 4 members (excludes halogenated alkanes) is 2. The number of nitrogens with one attached hydrogen (secondary N) is 4. The highest BCUT2D eigenvalue weighted by Gasteiger charge is 2.46. The number of carbonyl (C=O) groups is 11. The number of benzene rings is 2. The second-order valence-electron chi connectivity index (χ2n) is 22.9. The smallest absolute Gasteiger partial charge is 0.343 e. The maximum atomic E-state index is 15.5. The number of pyridine rings is 2. The minimum Gasteiger partial charge on any atom is -0.481 e. The van der Waals surface area contributed by atoms with Crippen LogP contribution in [0.25, 0.3) is 22.3 Å². The van der Waals surface area contributed by atoms with Crippen LogP contribution >= 0.6 is 0 Å². The van der Waals surface area contributed by atoms with E-state index in [1.165, 1.54) is 22.8 Å². The molecule has 4 aliphatic rings. The molecule has 4 atom stereocenters. The molecule has 0 fully saturated rings. The molecule has 0 unspecified atom stereocenters. The number of fused-ring (bicyclic) bond motifs is 5. The average molecular weight is 1170 g/mol. The normalized spacial score (nSPS) is 17.3. The highest BCUT2D eigenvalue weighted by molar-refractivity contribution is 6.12. The number of aryl methyl sites for hydroxylation is 1. The van der Waals surface area contributed by atoms with Crippen LogP contribution in [0.1, 0.15) is 149 Å². The number of carboxylic acids is 1. The molecule has 85 heavy (non-hydrogen) atoms. The van der Waals surface area contributed by atoms with Gasteiger partial charge < -0.3 is 40.8 Å². The van der Waals surface area contributed by atoms with Gasteiger partial charge in [0, 0.05) is 91.8 Å². The predicted octanol–water partition coefficient (Wildman–Crippen LogP) is 4.24. The molecule has 6 N–H and O–H groups in total. The molecule has 1 aliphatic carbocycles. The van der Waals surface area contributed by atoms with Gasteiger partial charge >= 0.3 is 11.9 Å². The molecule has 8 rings (SSSR count). The van der Waals surface area contributed by atoms with E-state index in [0.717, 1.165) is 10.5 Å². The van der Waals surface area contributed by atoms with Crippen LogP contribution in [0.15, 0.2) is 59.4 Å². The van der Waals surface area contributed by atoms with Crippen molar-refractivity contribution in [2.75, 3.05) is 19.6 Å². The second-order valence-corrected chi connectivity index (χ2v) is 22.9. The fourth-order valence-electron chi connectivity index (χ4n) is 11.5. The number of hydrogen-bond donors (Lipinski definition) is 6. The Hall–Kier alpha value is -8.60. The van der Waals surface area contributed by atoms with Gasteiger partial charge in [-0.05, 0) is 80.2 Å². The number of amides is 6. The molecule has 4 aromatic rings. The number of carboxylic acid groups (broad SMARTS) is 1. The highest BCUT2D eigenvalue weighted by Crippen LogP contribution is 2.46. The van der Waals surface area contributed by atoms with Crippen LogP contribution in [0, 0.1) is 24.1 Å². The molecule has 0 spiro atoms. The number of imide groups is 1. The lowest BCUT2D eigenvalue weighted by atomic mass is 9.80. The molecule has 2 aromatic carbocycles. The molecule has 22 nitrogen and oxygen atoms in total. The SMILES string of the molecule is CC[C@@]1(O)C(=O)OCc2c1cc1n(c2=O)Cc2c-1nc1cc(F)c(C)c3c1c2[C@@H](NC(=O)C(C)(C)CCNC(=O)CCC(=O)[C@H](Cc1ccccc1)NC(=O)CCC(=O)CNC(=O)[C@H](CC(=O)O)CC(=O)CCCCCN1C(=O)C=CC1=O)CC3. The summed E-state index contributed by atoms with van der Waals surface area (Å²) in [5.74, 6) is -8.44. The number of nitrogens with zero attached hydrogens (tertiary/aromatic N) is 3. The fraction of sp³-hybridized carbons (Fsp3) is 0.468. The van der Waals surface area contributed by atoms with Crippen molar-refractivity contribution in [1.82, 2.24) is 35.7 Å². The Morgan fingerprint density at radius 1 is 0.859 bits per heavy atom. The van der Waals surface area contributed by atoms with Gasteiger partial charge in [0.05, 0.1) is 60.0 Å². The van der Waals surface area contributed by atoms with Crippen molar-refractivity contribution in [2.45, 2.75) is 155 Å². The number of esters is 1. The third-order valence-corrected chi connectivity index (χ3v) is 16.6. The summed E-state index contributed by atoms with van der Waals surface area (Å²) in [6, 6.07) is 10.1. The van der Waals surface area contributed by atoms with E-state index in [9.17, 15) is 67.7 Å². The van der Waals surface area contributed by atoms with Gasteiger partial charge in [0.1, 0.15) is 18.2 Å². The average Bonchev–Trinajstić information content (AvgIpc) is 1.67. The van der Waals surface area contributed by atoms with Gasteiger partial charge in [-0.1, -0.05) is 57.5 Å². The van der Waals surface area contributed by atoms with E-state index >= 15 is 4.39 Å². The van der Waals surface area contributed by atoms with Gasteiger partial charge in [-0.15, -0.1) is 0 Å². The molecular formula is C62H70FN7O15. The minimum atomic E-state index is -2.06. The zero-order chi connectivity index (χ0) is 61.5. The summed E-state index contributed by atoms with van der Waals surface area (Å²) in [5, 5.41) is 32.6. The molecule has 0 bridgehead atoms. The van der Waals surface area contributed by atoms with E-state index in [-0.39, 0.29) is 107 Å². The number of halogens is 1. The van der Waals surface area contributed by atoms with Crippen LogP contribution in [0.2, 0.25) is 0 Å². The maximum absolute atomic E-state index is 15.5. The van der Waals surface area contributed by atoms with Crippen molar-refractivity contribution >= 4 is 75.6 Å². The number of ketones is 3. The van der Waals surface area contributed by atoms with Crippen LogP contribution in [0.4, 0.5) is 4.39 Å². The number of ether oxygens (including phenoxy) is 1. The van der Waals surface area contributed by atoms with E-state index in [4.69, 9.17) is 9.72 Å². The molecule has 23 heteroatoms. The molecule has 5 heterocycles. The van der Waals surface area contributed by atoms with Gasteiger partial charge in [-0.3, -0.25) is 57.6 Å². The van der Waals surface area contributed by atoms with Crippen molar-refractivity contribution in [3.8, 4) is 11.4 Å². The topological polar surface area (TPSA) is 324 Å². The Bertz CT molecular complexity index is 3480. The minimum absolute atomic E-state index is 0.0359. The molecular weight excluding hydrogens is 1100 g/mol. The van der Waals surface area contributed by atoms with Crippen LogP contribution in [0.3, 0.4) is 0 Å². The Kier molecular flexibility index (Phi) is 19.5. The molecule has 6 amide bonds. The molecule has 3 aliphatic heterocycles. The molecule has 2 aromatic heterocycles. The second kappa shape index (κ2) is 26.5. The first kappa shape index (κ1) is 62.4. The fourth-order valence-corrected chi connectivity index (χ4v) is 11.5. The van der Waals surface area contributed by atoms with Gasteiger partial charge in [0.25, 0.3) is 17.4 Å². The summed E-state index contributed by atoms with van der Waals surface area (Å²) in [6.45, 7) is 6.18. The third-order valence-electron chi connectivity index (χ3n) is 16.6. The number of aromatic nitrogens is 2. The number of rotatable bonds is 29.